The summed E-state index contributed by atoms with van der Waals surface area (Å²) in [5.74, 6) is -1.26. The highest BCUT2D eigenvalue weighted by Crippen LogP contribution is 2.33. The number of benzene rings is 3. The molecule has 0 unspecified atom stereocenters. The van der Waals surface area contributed by atoms with E-state index in [-0.39, 0.29) is 36.6 Å². The van der Waals surface area contributed by atoms with Gasteiger partial charge in [-0.1, -0.05) is 56.4 Å². The van der Waals surface area contributed by atoms with Gasteiger partial charge in [-0.3, -0.25) is 9.10 Å². The summed E-state index contributed by atoms with van der Waals surface area (Å²) in [4.78, 5) is 12.3. The molecule has 0 N–H and O–H groups in total. The van der Waals surface area contributed by atoms with Crippen LogP contribution in [0.1, 0.15) is 60.8 Å². The minimum absolute atomic E-state index is 0.0584. The number of carbonyl (C=O) groups is 1. The molecule has 236 valence electrons. The maximum Gasteiger partial charge on any atom is 0.471 e. The van der Waals surface area contributed by atoms with E-state index in [1.165, 1.54) is 63.1 Å². The Morgan fingerprint density at radius 1 is 0.977 bits per heavy atom. The first-order valence-electron chi connectivity index (χ1n) is 14.9. The van der Waals surface area contributed by atoms with E-state index in [0.717, 1.165) is 28.6 Å². The zero-order valence-corrected chi connectivity index (χ0v) is 25.4. The van der Waals surface area contributed by atoms with E-state index in [0.29, 0.717) is 33.8 Å². The second-order valence-electron chi connectivity index (χ2n) is 11.6. The van der Waals surface area contributed by atoms with Crippen molar-refractivity contribution in [2.45, 2.75) is 75.5 Å². The van der Waals surface area contributed by atoms with Crippen molar-refractivity contribution in [1.29, 1.82) is 0 Å². The molecule has 0 radical (unpaired) electrons. The van der Waals surface area contributed by atoms with Gasteiger partial charge in [0.1, 0.15) is 11.6 Å². The van der Waals surface area contributed by atoms with Crippen LogP contribution in [0, 0.1) is 11.7 Å². The molecular formula is C33H36F4N2O4S. The van der Waals surface area contributed by atoms with Gasteiger partial charge in [-0.2, -0.15) is 13.2 Å². The van der Waals surface area contributed by atoms with Gasteiger partial charge in [-0.25, -0.2) is 12.8 Å². The molecule has 6 nitrogen and oxygen atoms in total. The lowest BCUT2D eigenvalue weighted by atomic mass is 9.98. The van der Waals surface area contributed by atoms with Crippen molar-refractivity contribution in [3.05, 3.63) is 88.7 Å². The van der Waals surface area contributed by atoms with Crippen LogP contribution in [-0.4, -0.2) is 39.1 Å². The van der Waals surface area contributed by atoms with E-state index in [2.05, 4.69) is 0 Å². The van der Waals surface area contributed by atoms with Crippen LogP contribution < -0.4 is 9.04 Å². The Hall–Kier alpha value is -3.60. The van der Waals surface area contributed by atoms with Crippen molar-refractivity contribution in [3.63, 3.8) is 0 Å². The number of halogens is 4. The van der Waals surface area contributed by atoms with Gasteiger partial charge in [0.25, 0.3) is 10.0 Å². The van der Waals surface area contributed by atoms with E-state index in [4.69, 9.17) is 4.74 Å². The molecule has 5 rings (SSSR count). The maximum absolute atomic E-state index is 15.7. The van der Waals surface area contributed by atoms with Crippen molar-refractivity contribution in [1.82, 2.24) is 4.90 Å². The predicted molar refractivity (Wildman–Crippen MR) is 159 cm³/mol. The number of methoxy groups -OCH3 is 1. The standard InChI is InChI=1S/C33H36F4N2O4S/c1-43-28-13-9-25(10-14-28)21-39(31-16-11-24(19-30(31)34)8-4-7-23-5-2-3-6-23)44(41,42)29-15-12-27-22-38(18-17-26(27)20-29)32(40)33(35,36)37/h9-16,19-20,23H,2-8,17-18,21-22H2,1H3. The number of carbonyl (C=O) groups excluding carboxylic acids is 1. The Morgan fingerprint density at radius 2 is 1.68 bits per heavy atom. The minimum atomic E-state index is -4.99. The number of anilines is 1. The summed E-state index contributed by atoms with van der Waals surface area (Å²) < 4.78 is 89.1. The van der Waals surface area contributed by atoms with Crippen LogP contribution in [0.2, 0.25) is 0 Å². The third kappa shape index (κ3) is 7.20. The van der Waals surface area contributed by atoms with Crippen LogP contribution in [0.15, 0.2) is 65.6 Å². The van der Waals surface area contributed by atoms with Crippen LogP contribution >= 0.6 is 0 Å². The second kappa shape index (κ2) is 13.2. The van der Waals surface area contributed by atoms with E-state index >= 15 is 4.39 Å². The molecule has 2 aliphatic rings. The number of aryl methyl sites for hydroxylation is 1. The Kier molecular flexibility index (Phi) is 9.53. The number of sulfonamides is 1. The third-order valence-corrected chi connectivity index (χ3v) is 10.4. The van der Waals surface area contributed by atoms with Gasteiger partial charge in [-0.15, -0.1) is 0 Å². The van der Waals surface area contributed by atoms with Gasteiger partial charge in [-0.05, 0) is 83.8 Å². The maximum atomic E-state index is 15.7. The Bertz CT molecular complexity index is 1590. The van der Waals surface area contributed by atoms with Crippen LogP contribution in [0.4, 0.5) is 23.2 Å². The first kappa shape index (κ1) is 31.8. The third-order valence-electron chi connectivity index (χ3n) is 8.63. The molecule has 1 saturated carbocycles. The molecular weight excluding hydrogens is 596 g/mol. The summed E-state index contributed by atoms with van der Waals surface area (Å²) in [6.07, 6.45) is 2.86. The summed E-state index contributed by atoms with van der Waals surface area (Å²) in [5.41, 5.74) is 2.27. The number of alkyl halides is 3. The Balaban J connectivity index is 1.42. The number of amides is 1. The molecule has 0 saturated heterocycles. The highest BCUT2D eigenvalue weighted by molar-refractivity contribution is 7.92. The van der Waals surface area contributed by atoms with Gasteiger partial charge < -0.3 is 9.64 Å². The molecule has 1 amide bonds. The molecule has 1 aliphatic carbocycles. The Labute approximate surface area is 255 Å². The van der Waals surface area contributed by atoms with E-state index in [1.54, 1.807) is 30.3 Å². The number of nitrogens with zero attached hydrogens (tertiary/aromatic N) is 2. The van der Waals surface area contributed by atoms with Crippen LogP contribution in [0.3, 0.4) is 0 Å². The van der Waals surface area contributed by atoms with Crippen molar-refractivity contribution in [3.8, 4) is 5.75 Å². The molecule has 3 aromatic carbocycles. The molecule has 1 aliphatic heterocycles. The number of ether oxygens (including phenoxy) is 1. The molecule has 11 heteroatoms. The highest BCUT2D eigenvalue weighted by Gasteiger charge is 2.43. The van der Waals surface area contributed by atoms with Gasteiger partial charge >= 0.3 is 12.1 Å². The molecule has 0 atom stereocenters. The first-order chi connectivity index (χ1) is 21.0. The monoisotopic (exact) mass is 632 g/mol. The van der Waals surface area contributed by atoms with Crippen LogP contribution in [0.25, 0.3) is 0 Å². The topological polar surface area (TPSA) is 66.9 Å². The average Bonchev–Trinajstić information content (AvgIpc) is 3.53. The number of fused-ring (bicyclic) bond motifs is 1. The largest absolute Gasteiger partial charge is 0.497 e. The molecule has 1 fully saturated rings. The lowest BCUT2D eigenvalue weighted by Crippen LogP contribution is -2.43. The summed E-state index contributed by atoms with van der Waals surface area (Å²) in [5, 5.41) is 0. The summed E-state index contributed by atoms with van der Waals surface area (Å²) >= 11 is 0. The zero-order chi connectivity index (χ0) is 31.5. The molecule has 0 bridgehead atoms. The lowest BCUT2D eigenvalue weighted by molar-refractivity contribution is -0.186. The zero-order valence-electron chi connectivity index (χ0n) is 24.6. The van der Waals surface area contributed by atoms with Crippen LogP contribution in [-0.2, 0) is 40.7 Å². The van der Waals surface area contributed by atoms with Gasteiger partial charge in [0.2, 0.25) is 0 Å². The number of hydrogen-bond acceptors (Lipinski definition) is 4. The smallest absolute Gasteiger partial charge is 0.471 e. The molecule has 0 spiro atoms. The van der Waals surface area contributed by atoms with Gasteiger partial charge in [0, 0.05) is 13.1 Å². The van der Waals surface area contributed by atoms with E-state index < -0.39 is 27.9 Å². The van der Waals surface area contributed by atoms with Crippen molar-refractivity contribution < 1.29 is 35.5 Å². The van der Waals surface area contributed by atoms with E-state index in [9.17, 15) is 26.4 Å². The fourth-order valence-corrected chi connectivity index (χ4v) is 7.68. The van der Waals surface area contributed by atoms with Crippen LogP contribution in [0.5, 0.6) is 5.75 Å². The van der Waals surface area contributed by atoms with E-state index in [1.807, 2.05) is 0 Å². The van der Waals surface area contributed by atoms with Crippen molar-refractivity contribution in [2.75, 3.05) is 18.0 Å². The summed E-state index contributed by atoms with van der Waals surface area (Å²) in [7, 11) is -2.80. The summed E-state index contributed by atoms with van der Waals surface area (Å²) in [6, 6.07) is 15.6. The Morgan fingerprint density at radius 3 is 2.34 bits per heavy atom. The fourth-order valence-electron chi connectivity index (χ4n) is 6.17. The molecule has 3 aromatic rings. The van der Waals surface area contributed by atoms with Gasteiger partial charge in [0.05, 0.1) is 24.2 Å². The molecule has 44 heavy (non-hydrogen) atoms. The molecule has 0 aromatic heterocycles. The number of rotatable bonds is 10. The SMILES string of the molecule is COc1ccc(CN(c2ccc(CCCC3CCCC3)cc2F)S(=O)(=O)c2ccc3c(c2)CCN(C(=O)C(F)(F)F)C3)cc1. The normalized spacial score (nSPS) is 15.7. The fraction of sp³-hybridized carbons (Fsp3) is 0.424. The lowest BCUT2D eigenvalue weighted by Gasteiger charge is -2.30. The molecule has 1 heterocycles. The van der Waals surface area contributed by atoms with Crippen molar-refractivity contribution >= 4 is 21.6 Å². The highest BCUT2D eigenvalue weighted by atomic mass is 32.2. The first-order valence-corrected chi connectivity index (χ1v) is 16.3. The average molecular weight is 633 g/mol. The predicted octanol–water partition coefficient (Wildman–Crippen LogP) is 7.19. The van der Waals surface area contributed by atoms with Crippen molar-refractivity contribution in [2.24, 2.45) is 5.92 Å². The minimum Gasteiger partial charge on any atom is -0.497 e. The van der Waals surface area contributed by atoms with Gasteiger partial charge in [0.15, 0.2) is 0 Å². The second-order valence-corrected chi connectivity index (χ2v) is 13.5. The summed E-state index contributed by atoms with van der Waals surface area (Å²) in [6.45, 7) is -0.628. The quantitative estimate of drug-likeness (QED) is 0.222. The number of hydrogen-bond donors (Lipinski definition) is 0.